The van der Waals surface area contributed by atoms with Gasteiger partial charge in [-0.15, -0.1) is 0 Å². The van der Waals surface area contributed by atoms with E-state index in [1.807, 2.05) is 12.1 Å². The molecular weight excluding hydrogens is 477 g/mol. The van der Waals surface area contributed by atoms with E-state index < -0.39 is 17.6 Å². The SMILES string of the molecule is C[C@]12CCC3c4ccc(OC(=O)c5ccc(C67CC(C(F)(F)F)(C6)C7)cc5)cc4CCC3C1CCC2=O. The minimum atomic E-state index is -4.12. The van der Waals surface area contributed by atoms with Crippen molar-refractivity contribution in [2.45, 2.75) is 82.2 Å². The zero-order valence-corrected chi connectivity index (χ0v) is 21.0. The molecule has 5 fully saturated rings. The summed E-state index contributed by atoms with van der Waals surface area (Å²) in [6.07, 6.45) is 2.08. The van der Waals surface area contributed by atoms with E-state index in [9.17, 15) is 22.8 Å². The Balaban J connectivity index is 1.03. The molecule has 2 aromatic carbocycles. The van der Waals surface area contributed by atoms with Gasteiger partial charge in [0, 0.05) is 11.8 Å². The zero-order valence-electron chi connectivity index (χ0n) is 21.0. The average Bonchev–Trinajstić information content (AvgIpc) is 3.11. The van der Waals surface area contributed by atoms with Crippen molar-refractivity contribution in [3.05, 3.63) is 64.7 Å². The molecule has 194 valence electrons. The Bertz CT molecular complexity index is 1290. The first-order valence-electron chi connectivity index (χ1n) is 13.6. The lowest BCUT2D eigenvalue weighted by Gasteiger charge is -2.71. The van der Waals surface area contributed by atoms with Crippen molar-refractivity contribution >= 4 is 11.8 Å². The Labute approximate surface area is 214 Å². The van der Waals surface area contributed by atoms with Gasteiger partial charge < -0.3 is 4.74 Å². The summed E-state index contributed by atoms with van der Waals surface area (Å²) in [4.78, 5) is 25.4. The first kappa shape index (κ1) is 23.5. The molecule has 0 N–H and O–H groups in total. The number of fused-ring (bicyclic) bond motifs is 5. The lowest BCUT2D eigenvalue weighted by Crippen LogP contribution is -2.70. The van der Waals surface area contributed by atoms with Crippen molar-refractivity contribution < 1.29 is 27.5 Å². The normalized spacial score (nSPS) is 37.5. The second-order valence-electron chi connectivity index (χ2n) is 12.7. The molecule has 2 aromatic rings. The number of esters is 1. The quantitative estimate of drug-likeness (QED) is 0.322. The predicted molar refractivity (Wildman–Crippen MR) is 131 cm³/mol. The van der Waals surface area contributed by atoms with Crippen LogP contribution in [-0.2, 0) is 16.6 Å². The standard InChI is InChI=1S/C31H31F3O3/c1-28-13-12-23-22-9-7-21(14-19(22)4-8-24(23)25(28)10-11-26(28)35)37-27(36)18-2-5-20(6-3-18)29-15-30(16-29,17-29)31(32,33)34/h2-3,5-7,9,14,23-25H,4,8,10-13,15-17H2,1H3/t23?,24?,25?,28-,29?,30?/m0/s1. The number of halogens is 3. The van der Waals surface area contributed by atoms with Crippen LogP contribution in [0.4, 0.5) is 13.2 Å². The molecular formula is C31H31F3O3. The molecule has 8 rings (SSSR count). The van der Waals surface area contributed by atoms with Crippen molar-refractivity contribution in [2.24, 2.45) is 22.7 Å². The van der Waals surface area contributed by atoms with Gasteiger partial charge in [0.2, 0.25) is 0 Å². The molecule has 0 radical (unpaired) electrons. The van der Waals surface area contributed by atoms with Crippen LogP contribution in [0.3, 0.4) is 0 Å². The minimum absolute atomic E-state index is 0.137. The van der Waals surface area contributed by atoms with Crippen molar-refractivity contribution in [3.8, 4) is 5.75 Å². The van der Waals surface area contributed by atoms with Gasteiger partial charge in [-0.1, -0.05) is 25.1 Å². The highest BCUT2D eigenvalue weighted by molar-refractivity contribution is 5.91. The van der Waals surface area contributed by atoms with E-state index in [2.05, 4.69) is 13.0 Å². The lowest BCUT2D eigenvalue weighted by molar-refractivity contribution is -0.337. The van der Waals surface area contributed by atoms with E-state index >= 15 is 0 Å². The van der Waals surface area contributed by atoms with Crippen LogP contribution in [0.5, 0.6) is 5.75 Å². The molecule has 0 aliphatic heterocycles. The van der Waals surface area contributed by atoms with Crippen LogP contribution >= 0.6 is 0 Å². The molecule has 0 aromatic heterocycles. The second-order valence-corrected chi connectivity index (χ2v) is 12.7. The maximum atomic E-state index is 13.2. The Kier molecular flexibility index (Phi) is 4.75. The summed E-state index contributed by atoms with van der Waals surface area (Å²) >= 11 is 0. The van der Waals surface area contributed by atoms with E-state index in [0.29, 0.717) is 34.8 Å². The van der Waals surface area contributed by atoms with Gasteiger partial charge in [0.1, 0.15) is 11.5 Å². The minimum Gasteiger partial charge on any atom is -0.423 e. The maximum absolute atomic E-state index is 13.2. The van der Waals surface area contributed by atoms with Crippen LogP contribution < -0.4 is 4.74 Å². The molecule has 6 aliphatic carbocycles. The summed E-state index contributed by atoms with van der Waals surface area (Å²) in [6, 6.07) is 12.9. The number of ether oxygens (including phenoxy) is 1. The van der Waals surface area contributed by atoms with E-state index in [1.54, 1.807) is 24.3 Å². The third-order valence-corrected chi connectivity index (χ3v) is 11.0. The van der Waals surface area contributed by atoms with Gasteiger partial charge in [-0.25, -0.2) is 4.79 Å². The van der Waals surface area contributed by atoms with Crippen molar-refractivity contribution in [1.82, 2.24) is 0 Å². The highest BCUT2D eigenvalue weighted by atomic mass is 19.4. The maximum Gasteiger partial charge on any atom is 0.394 e. The number of carbonyl (C=O) groups is 2. The monoisotopic (exact) mass is 508 g/mol. The third-order valence-electron chi connectivity index (χ3n) is 11.0. The van der Waals surface area contributed by atoms with E-state index in [4.69, 9.17) is 4.74 Å². The van der Waals surface area contributed by atoms with Gasteiger partial charge in [-0.05, 0) is 115 Å². The van der Waals surface area contributed by atoms with Gasteiger partial charge in [-0.3, -0.25) is 4.79 Å². The molecule has 37 heavy (non-hydrogen) atoms. The predicted octanol–water partition coefficient (Wildman–Crippen LogP) is 7.32. The van der Waals surface area contributed by atoms with Crippen LogP contribution in [-0.4, -0.2) is 17.9 Å². The summed E-state index contributed by atoms with van der Waals surface area (Å²) < 4.78 is 45.2. The number of alkyl halides is 3. The summed E-state index contributed by atoms with van der Waals surface area (Å²) in [6.45, 7) is 2.18. The molecule has 5 saturated carbocycles. The van der Waals surface area contributed by atoms with E-state index in [1.165, 1.54) is 11.1 Å². The Morgan fingerprint density at radius 2 is 1.70 bits per heavy atom. The first-order valence-corrected chi connectivity index (χ1v) is 13.6. The van der Waals surface area contributed by atoms with Crippen LogP contribution in [0.15, 0.2) is 42.5 Å². The van der Waals surface area contributed by atoms with Gasteiger partial charge in [0.25, 0.3) is 0 Å². The Morgan fingerprint density at radius 3 is 2.41 bits per heavy atom. The zero-order chi connectivity index (χ0) is 25.8. The topological polar surface area (TPSA) is 43.4 Å². The van der Waals surface area contributed by atoms with E-state index in [0.717, 1.165) is 44.1 Å². The molecule has 4 atom stereocenters. The van der Waals surface area contributed by atoms with Gasteiger partial charge in [0.15, 0.2) is 0 Å². The fourth-order valence-corrected chi connectivity index (χ4v) is 8.91. The number of Topliss-reactive ketones (excluding diaryl/α,β-unsaturated/α-hetero) is 1. The third kappa shape index (κ3) is 3.20. The van der Waals surface area contributed by atoms with Gasteiger partial charge in [-0.2, -0.15) is 13.2 Å². The molecule has 3 unspecified atom stereocenters. The van der Waals surface area contributed by atoms with Crippen molar-refractivity contribution in [2.75, 3.05) is 0 Å². The van der Waals surface area contributed by atoms with Crippen LogP contribution in [0.25, 0.3) is 0 Å². The highest BCUT2D eigenvalue weighted by Crippen LogP contribution is 2.78. The first-order chi connectivity index (χ1) is 17.5. The highest BCUT2D eigenvalue weighted by Gasteiger charge is 2.78. The smallest absolute Gasteiger partial charge is 0.394 e. The fraction of sp³-hybridized carbons (Fsp3) is 0.548. The number of rotatable bonds is 3. The van der Waals surface area contributed by atoms with Gasteiger partial charge in [0.05, 0.1) is 11.0 Å². The summed E-state index contributed by atoms with van der Waals surface area (Å²) in [5.74, 6) is 2.02. The lowest BCUT2D eigenvalue weighted by atomic mass is 9.33. The van der Waals surface area contributed by atoms with Crippen LogP contribution in [0.1, 0.15) is 91.3 Å². The molecule has 2 bridgehead atoms. The number of hydrogen-bond acceptors (Lipinski definition) is 3. The molecule has 0 amide bonds. The molecule has 0 spiro atoms. The Hall–Kier alpha value is -2.63. The number of carbonyl (C=O) groups excluding carboxylic acids is 2. The number of benzene rings is 2. The second kappa shape index (κ2) is 7.48. The van der Waals surface area contributed by atoms with Gasteiger partial charge >= 0.3 is 12.1 Å². The van der Waals surface area contributed by atoms with Crippen LogP contribution in [0.2, 0.25) is 0 Å². The fourth-order valence-electron chi connectivity index (χ4n) is 8.91. The van der Waals surface area contributed by atoms with Crippen molar-refractivity contribution in [3.63, 3.8) is 0 Å². The average molecular weight is 509 g/mol. The molecule has 6 heteroatoms. The molecule has 0 heterocycles. The summed E-state index contributed by atoms with van der Waals surface area (Å²) in [5.41, 5.74) is 1.86. The Morgan fingerprint density at radius 1 is 0.973 bits per heavy atom. The number of aryl methyl sites for hydroxylation is 1. The molecule has 3 nitrogen and oxygen atoms in total. The largest absolute Gasteiger partial charge is 0.423 e. The summed E-state index contributed by atoms with van der Waals surface area (Å²) in [7, 11) is 0. The molecule has 6 aliphatic rings. The number of ketones is 1. The molecule has 0 saturated heterocycles. The summed E-state index contributed by atoms with van der Waals surface area (Å²) in [5, 5.41) is 0. The van der Waals surface area contributed by atoms with E-state index in [-0.39, 0.29) is 30.1 Å². The van der Waals surface area contributed by atoms with Crippen LogP contribution in [0, 0.1) is 22.7 Å². The number of hydrogen-bond donors (Lipinski definition) is 0. The van der Waals surface area contributed by atoms with Crippen molar-refractivity contribution in [1.29, 1.82) is 0 Å².